The van der Waals surface area contributed by atoms with Crippen LogP contribution in [0.15, 0.2) is 0 Å². The van der Waals surface area contributed by atoms with Gasteiger partial charge >= 0.3 is 0 Å². The van der Waals surface area contributed by atoms with Crippen molar-refractivity contribution in [2.45, 2.75) is 72.3 Å². The molecule has 1 aromatic heterocycles. The number of nitrogen functional groups attached to an aromatic ring is 1. The molecule has 126 valence electrons. The summed E-state index contributed by atoms with van der Waals surface area (Å²) in [5, 5.41) is 6.94. The second kappa shape index (κ2) is 8.93. The molecule has 0 fully saturated rings. The summed E-state index contributed by atoms with van der Waals surface area (Å²) >= 11 is 0. The quantitative estimate of drug-likeness (QED) is 0.610. The van der Waals surface area contributed by atoms with Crippen molar-refractivity contribution in [2.75, 3.05) is 24.1 Å². The Morgan fingerprint density at radius 3 is 2.41 bits per heavy atom. The second-order valence-electron chi connectivity index (χ2n) is 6.91. The Kier molecular flexibility index (Phi) is 7.59. The lowest BCUT2D eigenvalue weighted by Crippen LogP contribution is -2.36. The average molecular weight is 307 g/mol. The molecule has 1 rings (SSSR count). The number of nitrogens with one attached hydrogen (secondary N) is 2. The van der Waals surface area contributed by atoms with Crippen molar-refractivity contribution in [1.29, 1.82) is 0 Å². The molecule has 0 unspecified atom stereocenters. The lowest BCUT2D eigenvalue weighted by Gasteiger charge is -2.20. The third kappa shape index (κ3) is 7.07. The van der Waals surface area contributed by atoms with E-state index in [1.807, 2.05) is 6.92 Å². The fourth-order valence-electron chi connectivity index (χ4n) is 2.34. The smallest absolute Gasteiger partial charge is 0.222 e. The molecule has 1 aromatic rings. The SMILES string of the molecule is CCCCNc1nc(N)nc(C)c1CCCCNC(C)(C)C. The number of nitrogens with two attached hydrogens (primary N) is 1. The van der Waals surface area contributed by atoms with E-state index in [0.29, 0.717) is 5.95 Å². The molecule has 0 amide bonds. The van der Waals surface area contributed by atoms with Crippen molar-refractivity contribution >= 4 is 11.8 Å². The third-order valence-corrected chi connectivity index (χ3v) is 3.56. The minimum absolute atomic E-state index is 0.188. The highest BCUT2D eigenvalue weighted by molar-refractivity contribution is 5.49. The van der Waals surface area contributed by atoms with Crippen LogP contribution in [0.3, 0.4) is 0 Å². The first kappa shape index (κ1) is 18.7. The van der Waals surface area contributed by atoms with Gasteiger partial charge < -0.3 is 16.4 Å². The normalized spacial score (nSPS) is 11.7. The molecule has 0 aliphatic heterocycles. The van der Waals surface area contributed by atoms with Gasteiger partial charge in [-0.3, -0.25) is 0 Å². The van der Waals surface area contributed by atoms with Crippen LogP contribution in [-0.4, -0.2) is 28.6 Å². The summed E-state index contributed by atoms with van der Waals surface area (Å²) < 4.78 is 0. The fourth-order valence-corrected chi connectivity index (χ4v) is 2.34. The Morgan fingerprint density at radius 1 is 1.05 bits per heavy atom. The molecule has 1 heterocycles. The molecular formula is C17H33N5. The first-order valence-corrected chi connectivity index (χ1v) is 8.45. The molecule has 0 radical (unpaired) electrons. The van der Waals surface area contributed by atoms with Gasteiger partial charge in [-0.1, -0.05) is 13.3 Å². The van der Waals surface area contributed by atoms with E-state index < -0.39 is 0 Å². The van der Waals surface area contributed by atoms with Crippen LogP contribution in [0.2, 0.25) is 0 Å². The first-order chi connectivity index (χ1) is 10.3. The van der Waals surface area contributed by atoms with Crippen LogP contribution in [0, 0.1) is 6.92 Å². The Morgan fingerprint density at radius 2 is 1.77 bits per heavy atom. The van der Waals surface area contributed by atoms with Crippen LogP contribution in [0.4, 0.5) is 11.8 Å². The standard InChI is InChI=1S/C17H33N5/c1-6-7-11-19-15-14(13(2)21-16(18)22-15)10-8-9-12-20-17(3,4)5/h20H,6-12H2,1-5H3,(H3,18,19,21,22). The largest absolute Gasteiger partial charge is 0.370 e. The summed E-state index contributed by atoms with van der Waals surface area (Å²) in [6, 6.07) is 0. The lowest BCUT2D eigenvalue weighted by molar-refractivity contribution is 0.419. The number of anilines is 2. The number of aromatic nitrogens is 2. The minimum atomic E-state index is 0.188. The maximum Gasteiger partial charge on any atom is 0.222 e. The summed E-state index contributed by atoms with van der Waals surface area (Å²) in [6.45, 7) is 12.8. The molecule has 0 atom stereocenters. The molecule has 0 aliphatic rings. The maximum atomic E-state index is 5.78. The molecule has 5 heteroatoms. The Bertz CT molecular complexity index is 451. The minimum Gasteiger partial charge on any atom is -0.370 e. The van der Waals surface area contributed by atoms with Crippen LogP contribution in [-0.2, 0) is 6.42 Å². The van der Waals surface area contributed by atoms with Crippen LogP contribution >= 0.6 is 0 Å². The molecule has 0 bridgehead atoms. The van der Waals surface area contributed by atoms with Crippen LogP contribution in [0.5, 0.6) is 0 Å². The number of rotatable bonds is 9. The lowest BCUT2D eigenvalue weighted by atomic mass is 10.1. The van der Waals surface area contributed by atoms with Gasteiger partial charge in [-0.2, -0.15) is 4.98 Å². The van der Waals surface area contributed by atoms with E-state index in [9.17, 15) is 0 Å². The molecule has 0 aliphatic carbocycles. The molecule has 0 aromatic carbocycles. The number of hydrogen-bond acceptors (Lipinski definition) is 5. The van der Waals surface area contributed by atoms with Gasteiger partial charge in [-0.25, -0.2) is 4.98 Å². The molecule has 5 nitrogen and oxygen atoms in total. The van der Waals surface area contributed by atoms with Gasteiger partial charge in [0.05, 0.1) is 0 Å². The number of hydrogen-bond donors (Lipinski definition) is 3. The molecule has 4 N–H and O–H groups in total. The van der Waals surface area contributed by atoms with Crippen molar-refractivity contribution in [2.24, 2.45) is 0 Å². The van der Waals surface area contributed by atoms with Gasteiger partial charge in [0, 0.05) is 23.3 Å². The van der Waals surface area contributed by atoms with Gasteiger partial charge in [0.15, 0.2) is 0 Å². The third-order valence-electron chi connectivity index (χ3n) is 3.56. The van der Waals surface area contributed by atoms with Crippen molar-refractivity contribution in [1.82, 2.24) is 15.3 Å². The molecule has 0 spiro atoms. The molecule has 0 saturated carbocycles. The summed E-state index contributed by atoms with van der Waals surface area (Å²) in [4.78, 5) is 8.70. The highest BCUT2D eigenvalue weighted by Gasteiger charge is 2.11. The van der Waals surface area contributed by atoms with Crippen molar-refractivity contribution in [3.05, 3.63) is 11.3 Å². The van der Waals surface area contributed by atoms with Crippen LogP contribution in [0.25, 0.3) is 0 Å². The van der Waals surface area contributed by atoms with E-state index in [1.54, 1.807) is 0 Å². The van der Waals surface area contributed by atoms with Gasteiger partial charge in [-0.05, 0) is 59.9 Å². The van der Waals surface area contributed by atoms with Crippen LogP contribution in [0.1, 0.15) is 64.6 Å². The van der Waals surface area contributed by atoms with Crippen molar-refractivity contribution in [3.63, 3.8) is 0 Å². The molecule has 0 saturated heterocycles. The Hall–Kier alpha value is -1.36. The highest BCUT2D eigenvalue weighted by atomic mass is 15.1. The Balaban J connectivity index is 2.56. The van der Waals surface area contributed by atoms with Gasteiger partial charge in [0.1, 0.15) is 5.82 Å². The van der Waals surface area contributed by atoms with Crippen LogP contribution < -0.4 is 16.4 Å². The topological polar surface area (TPSA) is 75.9 Å². The average Bonchev–Trinajstić information content (AvgIpc) is 2.39. The fraction of sp³-hybridized carbons (Fsp3) is 0.765. The van der Waals surface area contributed by atoms with E-state index in [4.69, 9.17) is 5.73 Å². The molecular weight excluding hydrogens is 274 g/mol. The van der Waals surface area contributed by atoms with Gasteiger partial charge in [0.2, 0.25) is 5.95 Å². The van der Waals surface area contributed by atoms with E-state index in [-0.39, 0.29) is 5.54 Å². The first-order valence-electron chi connectivity index (χ1n) is 8.45. The zero-order valence-electron chi connectivity index (χ0n) is 14.9. The van der Waals surface area contributed by atoms with Crippen molar-refractivity contribution in [3.8, 4) is 0 Å². The predicted molar refractivity (Wildman–Crippen MR) is 95.3 cm³/mol. The zero-order chi connectivity index (χ0) is 16.6. The maximum absolute atomic E-state index is 5.78. The monoisotopic (exact) mass is 307 g/mol. The number of unbranched alkanes of at least 4 members (excludes halogenated alkanes) is 2. The van der Waals surface area contributed by atoms with E-state index >= 15 is 0 Å². The summed E-state index contributed by atoms with van der Waals surface area (Å²) in [7, 11) is 0. The highest BCUT2D eigenvalue weighted by Crippen LogP contribution is 2.20. The van der Waals surface area contributed by atoms with Gasteiger partial charge in [0.25, 0.3) is 0 Å². The van der Waals surface area contributed by atoms with E-state index in [2.05, 4.69) is 48.3 Å². The zero-order valence-corrected chi connectivity index (χ0v) is 14.9. The van der Waals surface area contributed by atoms with Crippen molar-refractivity contribution < 1.29 is 0 Å². The molecule has 22 heavy (non-hydrogen) atoms. The number of nitrogens with zero attached hydrogens (tertiary/aromatic N) is 2. The summed E-state index contributed by atoms with van der Waals surface area (Å²) in [5.41, 5.74) is 8.18. The number of aryl methyl sites for hydroxylation is 1. The summed E-state index contributed by atoms with van der Waals surface area (Å²) in [5.74, 6) is 1.27. The predicted octanol–water partition coefficient (Wildman–Crippen LogP) is 3.29. The van der Waals surface area contributed by atoms with E-state index in [0.717, 1.165) is 50.3 Å². The van der Waals surface area contributed by atoms with Gasteiger partial charge in [-0.15, -0.1) is 0 Å². The second-order valence-corrected chi connectivity index (χ2v) is 6.91. The summed E-state index contributed by atoms with van der Waals surface area (Å²) in [6.07, 6.45) is 5.57. The Labute approximate surface area is 135 Å². The van der Waals surface area contributed by atoms with E-state index in [1.165, 1.54) is 12.0 Å².